The topological polar surface area (TPSA) is 0 Å². The second-order valence-electron chi connectivity index (χ2n) is 17.1. The molecule has 0 saturated carbocycles. The van der Waals surface area contributed by atoms with Gasteiger partial charge in [-0.05, 0) is 163 Å². The first kappa shape index (κ1) is 33.0. The van der Waals surface area contributed by atoms with Crippen LogP contribution >= 0.6 is 0 Å². The van der Waals surface area contributed by atoms with Crippen molar-refractivity contribution in [3.8, 4) is 22.3 Å². The minimum atomic E-state index is 0.225. The molecule has 10 aromatic carbocycles. The zero-order chi connectivity index (χ0) is 38.8. The molecule has 0 saturated heterocycles. The second kappa shape index (κ2) is 12.5. The number of fused-ring (bicyclic) bond motifs is 9. The predicted octanol–water partition coefficient (Wildman–Crippen LogP) is 16.0. The third-order valence-electron chi connectivity index (χ3n) is 14.1. The summed E-state index contributed by atoms with van der Waals surface area (Å²) in [6.07, 6.45) is 8.48. The third-order valence-corrected chi connectivity index (χ3v) is 14.1. The van der Waals surface area contributed by atoms with Crippen molar-refractivity contribution >= 4 is 65.5 Å². The molecule has 13 rings (SSSR count). The highest BCUT2D eigenvalue weighted by molar-refractivity contribution is 6.12. The molecule has 3 aliphatic rings. The van der Waals surface area contributed by atoms with Gasteiger partial charge in [0.2, 0.25) is 0 Å². The molecule has 0 radical (unpaired) electrons. The Morgan fingerprint density at radius 2 is 1.02 bits per heavy atom. The van der Waals surface area contributed by atoms with E-state index in [0.717, 1.165) is 6.42 Å². The summed E-state index contributed by atoms with van der Waals surface area (Å²) in [4.78, 5) is 0. The maximum absolute atomic E-state index is 2.55. The van der Waals surface area contributed by atoms with E-state index < -0.39 is 0 Å². The summed E-state index contributed by atoms with van der Waals surface area (Å²) in [6, 6.07) is 66.6. The van der Waals surface area contributed by atoms with Gasteiger partial charge in [-0.3, -0.25) is 0 Å². The number of allylic oxidation sites excluding steroid dienone is 2. The molecule has 0 fully saturated rings. The van der Waals surface area contributed by atoms with E-state index in [2.05, 4.69) is 201 Å². The zero-order valence-electron chi connectivity index (χ0n) is 32.9. The first-order valence-electron chi connectivity index (χ1n) is 21.2. The van der Waals surface area contributed by atoms with Gasteiger partial charge in [0.25, 0.3) is 0 Å². The second-order valence-corrected chi connectivity index (χ2v) is 17.1. The number of rotatable bonds is 3. The fraction of sp³-hybridized carbons (Fsp3) is 0.0847. The van der Waals surface area contributed by atoms with E-state index >= 15 is 0 Å². The normalized spacial score (nSPS) is 17.7. The Kier molecular flexibility index (Phi) is 6.99. The number of hydrogen-bond donors (Lipinski definition) is 0. The molecule has 0 nitrogen and oxygen atoms in total. The summed E-state index contributed by atoms with van der Waals surface area (Å²) in [5.74, 6) is 0.798. The predicted molar refractivity (Wildman–Crippen MR) is 251 cm³/mol. The molecular weight excluding hydrogens is 709 g/mol. The van der Waals surface area contributed by atoms with Gasteiger partial charge in [-0.2, -0.15) is 0 Å². The summed E-state index contributed by atoms with van der Waals surface area (Å²) in [6.45, 7) is 2.47. The van der Waals surface area contributed by atoms with Crippen molar-refractivity contribution in [3.05, 3.63) is 227 Å². The van der Waals surface area contributed by atoms with Crippen molar-refractivity contribution in [2.45, 2.75) is 31.1 Å². The van der Waals surface area contributed by atoms with Gasteiger partial charge in [0, 0.05) is 11.8 Å². The molecule has 10 aromatic rings. The Labute approximate surface area is 344 Å². The van der Waals surface area contributed by atoms with E-state index in [1.54, 1.807) is 0 Å². The summed E-state index contributed by atoms with van der Waals surface area (Å²) >= 11 is 0. The van der Waals surface area contributed by atoms with E-state index in [-0.39, 0.29) is 11.8 Å². The van der Waals surface area contributed by atoms with Gasteiger partial charge in [-0.25, -0.2) is 0 Å². The lowest BCUT2D eigenvalue weighted by Gasteiger charge is -2.33. The van der Waals surface area contributed by atoms with Gasteiger partial charge in [0.1, 0.15) is 0 Å². The molecule has 0 N–H and O–H groups in total. The molecular formula is C59H40. The van der Waals surface area contributed by atoms with Crippen LogP contribution in [0.25, 0.3) is 87.8 Å². The molecule has 0 heteroatoms. The van der Waals surface area contributed by atoms with Gasteiger partial charge >= 0.3 is 0 Å². The van der Waals surface area contributed by atoms with Gasteiger partial charge in [-0.1, -0.05) is 171 Å². The van der Waals surface area contributed by atoms with Crippen molar-refractivity contribution in [2.24, 2.45) is 0 Å². The van der Waals surface area contributed by atoms with Gasteiger partial charge in [0.15, 0.2) is 0 Å². The van der Waals surface area contributed by atoms with Crippen LogP contribution in [0.4, 0.5) is 0 Å². The van der Waals surface area contributed by atoms with Crippen LogP contribution in [0.2, 0.25) is 0 Å². The Morgan fingerprint density at radius 3 is 1.81 bits per heavy atom. The van der Waals surface area contributed by atoms with Crippen molar-refractivity contribution in [3.63, 3.8) is 0 Å². The molecule has 0 aliphatic heterocycles. The zero-order valence-corrected chi connectivity index (χ0v) is 32.9. The maximum atomic E-state index is 2.55. The first-order chi connectivity index (χ1) is 29.2. The minimum Gasteiger partial charge on any atom is -0.0758 e. The molecule has 0 spiro atoms. The Balaban J connectivity index is 1.09. The van der Waals surface area contributed by atoms with E-state index in [9.17, 15) is 0 Å². The quantitative estimate of drug-likeness (QED) is 0.158. The summed E-state index contributed by atoms with van der Waals surface area (Å²) in [5.41, 5.74) is 16.8. The van der Waals surface area contributed by atoms with Crippen LogP contribution < -0.4 is 0 Å². The molecule has 0 heterocycles. The van der Waals surface area contributed by atoms with E-state index in [1.807, 2.05) is 0 Å². The first-order valence-corrected chi connectivity index (χ1v) is 21.2. The summed E-state index contributed by atoms with van der Waals surface area (Å²) in [5, 5.41) is 13.0. The van der Waals surface area contributed by atoms with Crippen molar-refractivity contribution in [1.82, 2.24) is 0 Å². The Hall–Kier alpha value is -7.02. The smallest absolute Gasteiger partial charge is 0.0146 e. The summed E-state index contributed by atoms with van der Waals surface area (Å²) < 4.78 is 0. The highest BCUT2D eigenvalue weighted by Crippen LogP contribution is 2.61. The molecule has 3 aliphatic carbocycles. The molecule has 3 unspecified atom stereocenters. The van der Waals surface area contributed by atoms with Crippen LogP contribution in [0.3, 0.4) is 0 Å². The van der Waals surface area contributed by atoms with E-state index in [4.69, 9.17) is 0 Å². The van der Waals surface area contributed by atoms with E-state index in [0.29, 0.717) is 5.92 Å². The fourth-order valence-corrected chi connectivity index (χ4v) is 11.4. The Morgan fingerprint density at radius 1 is 0.424 bits per heavy atom. The molecule has 59 heavy (non-hydrogen) atoms. The van der Waals surface area contributed by atoms with Gasteiger partial charge < -0.3 is 0 Å². The van der Waals surface area contributed by atoms with Crippen LogP contribution in [-0.4, -0.2) is 0 Å². The van der Waals surface area contributed by atoms with E-state index in [1.165, 1.54) is 121 Å². The van der Waals surface area contributed by atoms with Crippen LogP contribution in [0.5, 0.6) is 0 Å². The standard InChI is InChI=1S/C59H40/c1-35-47(26-25-44-31-39-14-6-7-16-41(39)34-54(35)44)57-51-18-9-8-17-50(51)55(45-24-22-42-29-38-13-4-5-15-40(38)32-46(42)33-45)58-52-20-10-19-49-48(27-28-53(56(49)52)59(57)58)43-23-21-36-11-2-3-12-37(36)30-43/h2-27,29-35,47,53H,28H2,1H3. The number of hydrogen-bond acceptors (Lipinski definition) is 0. The van der Waals surface area contributed by atoms with Crippen molar-refractivity contribution < 1.29 is 0 Å². The highest BCUT2D eigenvalue weighted by Gasteiger charge is 2.41. The van der Waals surface area contributed by atoms with Crippen LogP contribution in [0.1, 0.15) is 70.0 Å². The minimum absolute atomic E-state index is 0.225. The average molecular weight is 749 g/mol. The molecule has 276 valence electrons. The maximum Gasteiger partial charge on any atom is 0.0146 e. The van der Waals surface area contributed by atoms with Crippen LogP contribution in [-0.2, 0) is 0 Å². The third kappa shape index (κ3) is 4.84. The molecule has 0 bridgehead atoms. The van der Waals surface area contributed by atoms with Crippen molar-refractivity contribution in [1.29, 1.82) is 0 Å². The largest absolute Gasteiger partial charge is 0.0758 e. The van der Waals surface area contributed by atoms with Crippen LogP contribution in [0, 0.1) is 0 Å². The fourth-order valence-electron chi connectivity index (χ4n) is 11.4. The van der Waals surface area contributed by atoms with Gasteiger partial charge in [-0.15, -0.1) is 0 Å². The van der Waals surface area contributed by atoms with Crippen molar-refractivity contribution in [2.75, 3.05) is 0 Å². The molecule has 0 amide bonds. The summed E-state index contributed by atoms with van der Waals surface area (Å²) in [7, 11) is 0. The highest BCUT2D eigenvalue weighted by atomic mass is 14.4. The van der Waals surface area contributed by atoms with Crippen LogP contribution in [0.15, 0.2) is 188 Å². The lowest BCUT2D eigenvalue weighted by Crippen LogP contribution is -2.16. The SMILES string of the molecule is CC1c2cc3ccccc3cc2C=CC1c1c2c(c(-c3ccc4cc5ccccc5cc4c3)c3ccccc13)-c1cccc3c1C2CC=C3c1ccc2ccccc2c1. The van der Waals surface area contributed by atoms with Gasteiger partial charge in [0.05, 0.1) is 0 Å². The molecule has 0 aromatic heterocycles. The average Bonchev–Trinajstić information content (AvgIpc) is 3.62. The molecule has 3 atom stereocenters. The monoisotopic (exact) mass is 748 g/mol. The lowest BCUT2D eigenvalue weighted by atomic mass is 9.70. The lowest BCUT2D eigenvalue weighted by molar-refractivity contribution is 0.662. The Bertz CT molecular complexity index is 3500. The number of benzene rings is 10.